The second-order valence-corrected chi connectivity index (χ2v) is 10.3. The quantitative estimate of drug-likeness (QED) is 0.201. The number of hydrogen-bond donors (Lipinski definition) is 5. The fraction of sp³-hybridized carbons (Fsp3) is 0.667. The van der Waals surface area contributed by atoms with Crippen molar-refractivity contribution in [2.75, 3.05) is 33.1 Å². The summed E-state index contributed by atoms with van der Waals surface area (Å²) in [6.07, 6.45) is -4.42. The number of benzene rings is 1. The van der Waals surface area contributed by atoms with Gasteiger partial charge >= 0.3 is 5.97 Å². The van der Waals surface area contributed by atoms with E-state index in [9.17, 15) is 30.0 Å². The predicted octanol–water partition coefficient (Wildman–Crippen LogP) is -0.296. The molecule has 0 saturated carbocycles. The number of methoxy groups -OCH3 is 1. The van der Waals surface area contributed by atoms with Crippen LogP contribution in [0.5, 0.6) is 5.75 Å². The summed E-state index contributed by atoms with van der Waals surface area (Å²) in [5.74, 6) is -0.896. The molecule has 36 heavy (non-hydrogen) atoms. The number of aromatic hydroxyl groups is 1. The van der Waals surface area contributed by atoms with Crippen molar-refractivity contribution >= 4 is 23.6 Å². The molecule has 2 fully saturated rings. The van der Waals surface area contributed by atoms with E-state index < -0.39 is 48.0 Å². The normalized spacial score (nSPS) is 30.5. The number of rotatable bonds is 10. The van der Waals surface area contributed by atoms with Crippen LogP contribution >= 0.6 is 11.8 Å². The van der Waals surface area contributed by atoms with E-state index in [0.29, 0.717) is 6.42 Å². The maximum Gasteiger partial charge on any atom is 0.341 e. The maximum atomic E-state index is 13.0. The number of likely N-dealkylation sites (tertiary alicyclic amines) is 1. The van der Waals surface area contributed by atoms with Crippen molar-refractivity contribution in [3.8, 4) is 5.75 Å². The van der Waals surface area contributed by atoms with Crippen molar-refractivity contribution in [1.82, 2.24) is 10.2 Å². The van der Waals surface area contributed by atoms with Gasteiger partial charge in [-0.05, 0) is 45.5 Å². The number of likely N-dealkylation sites (N-methyl/N-ethyl adjacent to an activating group) is 1. The van der Waals surface area contributed by atoms with Gasteiger partial charge in [-0.15, -0.1) is 11.8 Å². The summed E-state index contributed by atoms with van der Waals surface area (Å²) in [6, 6.07) is 4.91. The largest absolute Gasteiger partial charge is 0.507 e. The Hall–Kier alpha value is -1.93. The van der Waals surface area contributed by atoms with Gasteiger partial charge in [0.05, 0.1) is 18.2 Å². The van der Waals surface area contributed by atoms with E-state index in [-0.39, 0.29) is 35.6 Å². The molecule has 0 spiro atoms. The van der Waals surface area contributed by atoms with E-state index in [1.165, 1.54) is 19.2 Å². The van der Waals surface area contributed by atoms with Gasteiger partial charge in [0.1, 0.15) is 47.8 Å². The van der Waals surface area contributed by atoms with E-state index >= 15 is 0 Å². The van der Waals surface area contributed by atoms with Crippen molar-refractivity contribution < 1.29 is 44.2 Å². The molecule has 0 bridgehead atoms. The standard InChI is InChI=1S/C24H36N2O9S/c1-13(33-3)17(25-22(31)15-8-6-10-26(15)2)21-19(29)18(28)20(30)24(35-21)36-12-11-34-23(32)14-7-4-5-9-16(14)27/h4-5,7,9,13,15,17-21,24,27-30H,6,8,10-12H2,1-3H3,(H,25,31)/t13?,15-,17?,18?,19+,20?,21?,24+/m0/s1. The lowest BCUT2D eigenvalue weighted by Gasteiger charge is -2.44. The summed E-state index contributed by atoms with van der Waals surface area (Å²) in [5.41, 5.74) is -0.926. The minimum atomic E-state index is -1.53. The smallest absolute Gasteiger partial charge is 0.341 e. The summed E-state index contributed by atoms with van der Waals surface area (Å²) in [5, 5.41) is 44.4. The number of esters is 1. The molecule has 2 aliphatic heterocycles. The van der Waals surface area contributed by atoms with Crippen molar-refractivity contribution in [1.29, 1.82) is 0 Å². The molecule has 0 aromatic heterocycles. The Labute approximate surface area is 214 Å². The van der Waals surface area contributed by atoms with Crippen LogP contribution in [0.3, 0.4) is 0 Å². The van der Waals surface area contributed by atoms with Crippen LogP contribution < -0.4 is 5.32 Å². The Balaban J connectivity index is 1.62. The Bertz CT molecular complexity index is 891. The second kappa shape index (κ2) is 13.0. The second-order valence-electron chi connectivity index (χ2n) is 9.08. The predicted molar refractivity (Wildman–Crippen MR) is 132 cm³/mol. The van der Waals surface area contributed by atoms with Crippen molar-refractivity contribution in [3.63, 3.8) is 0 Å². The van der Waals surface area contributed by atoms with Gasteiger partial charge in [0, 0.05) is 12.9 Å². The van der Waals surface area contributed by atoms with E-state index in [1.807, 2.05) is 11.9 Å². The van der Waals surface area contributed by atoms with Crippen LogP contribution in [0, 0.1) is 0 Å². The third-order valence-electron chi connectivity index (χ3n) is 6.69. The van der Waals surface area contributed by atoms with Crippen molar-refractivity contribution in [3.05, 3.63) is 29.8 Å². The van der Waals surface area contributed by atoms with E-state index in [2.05, 4.69) is 5.32 Å². The third-order valence-corrected chi connectivity index (χ3v) is 7.81. The number of thioether (sulfide) groups is 1. The molecule has 12 heteroatoms. The van der Waals surface area contributed by atoms with E-state index in [0.717, 1.165) is 24.7 Å². The number of nitrogens with one attached hydrogen (secondary N) is 1. The Kier molecular flexibility index (Phi) is 10.4. The number of para-hydroxylation sites is 1. The number of aliphatic hydroxyl groups excluding tert-OH is 3. The minimum absolute atomic E-state index is 0.0371. The number of nitrogens with zero attached hydrogens (tertiary/aromatic N) is 1. The van der Waals surface area contributed by atoms with Gasteiger partial charge in [-0.1, -0.05) is 12.1 Å². The molecule has 1 amide bonds. The number of ether oxygens (including phenoxy) is 3. The molecule has 11 nitrogen and oxygen atoms in total. The van der Waals surface area contributed by atoms with Crippen LogP contribution in [-0.2, 0) is 19.0 Å². The zero-order valence-electron chi connectivity index (χ0n) is 20.6. The number of hydrogen-bond acceptors (Lipinski definition) is 11. The molecular weight excluding hydrogens is 492 g/mol. The molecule has 3 rings (SSSR count). The summed E-state index contributed by atoms with van der Waals surface area (Å²) in [7, 11) is 3.34. The number of amides is 1. The highest BCUT2D eigenvalue weighted by Crippen LogP contribution is 2.31. The average molecular weight is 529 g/mol. The molecule has 0 radical (unpaired) electrons. The molecule has 1 aromatic rings. The number of phenols is 1. The molecule has 5 unspecified atom stereocenters. The highest BCUT2D eigenvalue weighted by molar-refractivity contribution is 7.99. The van der Waals surface area contributed by atoms with Gasteiger partial charge in [0.15, 0.2) is 0 Å². The first kappa shape index (κ1) is 28.6. The molecule has 0 aliphatic carbocycles. The Morgan fingerprint density at radius 3 is 2.58 bits per heavy atom. The highest BCUT2D eigenvalue weighted by Gasteiger charge is 2.49. The van der Waals surface area contributed by atoms with E-state index in [4.69, 9.17) is 14.2 Å². The molecule has 1 aromatic carbocycles. The fourth-order valence-electron chi connectivity index (χ4n) is 4.45. The lowest BCUT2D eigenvalue weighted by atomic mass is 9.92. The molecule has 202 valence electrons. The van der Waals surface area contributed by atoms with Gasteiger partial charge in [-0.25, -0.2) is 4.79 Å². The van der Waals surface area contributed by atoms with Gasteiger partial charge in [-0.3, -0.25) is 9.69 Å². The van der Waals surface area contributed by atoms with Crippen LogP contribution in [0.15, 0.2) is 24.3 Å². The molecule has 2 aliphatic rings. The lowest BCUT2D eigenvalue weighted by Crippen LogP contribution is -2.66. The first-order valence-electron chi connectivity index (χ1n) is 12.0. The first-order valence-corrected chi connectivity index (χ1v) is 13.0. The molecule has 8 atom stereocenters. The van der Waals surface area contributed by atoms with Crippen molar-refractivity contribution in [2.24, 2.45) is 0 Å². The van der Waals surface area contributed by atoms with Gasteiger partial charge < -0.3 is 40.0 Å². The highest BCUT2D eigenvalue weighted by atomic mass is 32.2. The van der Waals surface area contributed by atoms with Crippen molar-refractivity contribution in [2.45, 2.75) is 67.8 Å². The molecule has 2 saturated heterocycles. The molecular formula is C24H36N2O9S. The minimum Gasteiger partial charge on any atom is -0.507 e. The molecule has 2 heterocycles. The lowest BCUT2D eigenvalue weighted by molar-refractivity contribution is -0.212. The van der Waals surface area contributed by atoms with Crippen LogP contribution in [0.4, 0.5) is 0 Å². The maximum absolute atomic E-state index is 13.0. The Morgan fingerprint density at radius 2 is 1.94 bits per heavy atom. The number of carbonyl (C=O) groups excluding carboxylic acids is 2. The summed E-state index contributed by atoms with van der Waals surface area (Å²) in [6.45, 7) is 2.48. The summed E-state index contributed by atoms with van der Waals surface area (Å²) in [4.78, 5) is 27.1. The number of phenolic OH excluding ortho intramolecular Hbond substituents is 1. The van der Waals surface area contributed by atoms with Crippen LogP contribution in [0.2, 0.25) is 0 Å². The third kappa shape index (κ3) is 6.68. The zero-order chi connectivity index (χ0) is 26.4. The zero-order valence-corrected chi connectivity index (χ0v) is 21.5. The monoisotopic (exact) mass is 528 g/mol. The fourth-order valence-corrected chi connectivity index (χ4v) is 5.42. The van der Waals surface area contributed by atoms with E-state index in [1.54, 1.807) is 19.1 Å². The van der Waals surface area contributed by atoms with Crippen LogP contribution in [0.1, 0.15) is 30.1 Å². The topological polar surface area (TPSA) is 158 Å². The average Bonchev–Trinajstić information content (AvgIpc) is 3.30. The van der Waals surface area contributed by atoms with Crippen LogP contribution in [0.25, 0.3) is 0 Å². The summed E-state index contributed by atoms with van der Waals surface area (Å²) >= 11 is 1.09. The summed E-state index contributed by atoms with van der Waals surface area (Å²) < 4.78 is 16.6. The SMILES string of the molecule is COC(C)C(NC(=O)[C@@H]1CCCN1C)C1O[C@H](SCCOC(=O)c2ccccc2O)C(O)C(O)[C@H]1O. The van der Waals surface area contributed by atoms with Gasteiger partial charge in [0.25, 0.3) is 0 Å². The first-order chi connectivity index (χ1) is 17.1. The number of carbonyl (C=O) groups is 2. The molecule has 5 N–H and O–H groups in total. The van der Waals surface area contributed by atoms with Gasteiger partial charge in [0.2, 0.25) is 5.91 Å². The number of aliphatic hydroxyl groups is 3. The van der Waals surface area contributed by atoms with Crippen LogP contribution in [-0.4, -0.2) is 118 Å². The van der Waals surface area contributed by atoms with Gasteiger partial charge in [-0.2, -0.15) is 0 Å². The Morgan fingerprint density at radius 1 is 1.22 bits per heavy atom.